The van der Waals surface area contributed by atoms with Crippen LogP contribution in [0.4, 0.5) is 0 Å². The molecule has 0 saturated heterocycles. The van der Waals surface area contributed by atoms with Crippen LogP contribution in [0.5, 0.6) is 0 Å². The lowest BCUT2D eigenvalue weighted by atomic mass is 9.88. The van der Waals surface area contributed by atoms with Crippen molar-refractivity contribution < 1.29 is 82.9 Å². The second kappa shape index (κ2) is 47.7. The number of amides is 1. The Labute approximate surface area is 494 Å². The summed E-state index contributed by atoms with van der Waals surface area (Å²) in [6, 6.07) is 0. The Morgan fingerprint density at radius 1 is 0.554 bits per heavy atom. The highest BCUT2D eigenvalue weighted by Gasteiger charge is 2.30. The molecule has 15 unspecified atom stereocenters. The zero-order valence-electron chi connectivity index (χ0n) is 49.5. The largest absolute Gasteiger partial charge is 0.397 e. The van der Waals surface area contributed by atoms with Crippen LogP contribution in [0.25, 0.3) is 0 Å². The summed E-state index contributed by atoms with van der Waals surface area (Å²) in [4.78, 5) is 29.0. The third-order valence-corrected chi connectivity index (χ3v) is 13.7. The van der Waals surface area contributed by atoms with Crippen LogP contribution in [-0.4, -0.2) is 167 Å². The predicted molar refractivity (Wildman–Crippen MR) is 325 cm³/mol. The van der Waals surface area contributed by atoms with Gasteiger partial charge in [-0.15, -0.1) is 0 Å². The summed E-state index contributed by atoms with van der Waals surface area (Å²) in [5.41, 5.74) is 5.74. The molecule has 0 aromatic heterocycles. The normalized spacial score (nSPS) is 19.0. The Bertz CT molecular complexity index is 2190. The van der Waals surface area contributed by atoms with Crippen molar-refractivity contribution in [1.82, 2.24) is 5.32 Å². The summed E-state index contributed by atoms with van der Waals surface area (Å²) < 4.78 is 37.4. The maximum atomic E-state index is 13.0. The number of nitrogens with zero attached hydrogens (tertiary/aromatic N) is 1. The zero-order valence-corrected chi connectivity index (χ0v) is 50.3. The molecule has 15 N–H and O–H groups in total. The number of Topliss-reactive ketones (excluding diaryl/α,β-unsaturated/α-hetero) is 1. The fraction of sp³-hybridized carbons (Fsp3) is 0.629. The summed E-state index contributed by atoms with van der Waals surface area (Å²) in [6.45, 7) is 9.55. The first-order valence-corrected chi connectivity index (χ1v) is 30.6. The number of aliphatic hydroxyl groups is 11. The number of aliphatic hydroxyl groups excluding tert-OH is 11. The molecule has 83 heavy (non-hydrogen) atoms. The van der Waals surface area contributed by atoms with E-state index in [4.69, 9.17) is 9.92 Å². The molecule has 0 saturated carbocycles. The first-order valence-electron chi connectivity index (χ1n) is 29.2. The summed E-state index contributed by atoms with van der Waals surface area (Å²) in [5.74, 6) is -2.25. The lowest BCUT2D eigenvalue weighted by Gasteiger charge is -2.25. The van der Waals surface area contributed by atoms with Gasteiger partial charge in [0.1, 0.15) is 5.78 Å². The van der Waals surface area contributed by atoms with E-state index in [1.807, 2.05) is 26.0 Å². The third kappa shape index (κ3) is 44.6. The Balaban J connectivity index is 4.72. The molecule has 0 aromatic carbocycles. The van der Waals surface area contributed by atoms with E-state index in [9.17, 15) is 78.7 Å². The Morgan fingerprint density at radius 2 is 1.05 bits per heavy atom. The van der Waals surface area contributed by atoms with Crippen molar-refractivity contribution >= 4 is 28.0 Å². The third-order valence-electron chi connectivity index (χ3n) is 13.3. The van der Waals surface area contributed by atoms with Crippen molar-refractivity contribution in [1.29, 1.82) is 0 Å². The quantitative estimate of drug-likeness (QED) is 0.00870. The number of rotatable bonds is 47. The molecule has 1 amide bonds. The second-order valence-electron chi connectivity index (χ2n) is 21.2. The highest BCUT2D eigenvalue weighted by Crippen LogP contribution is 2.21. The molecule has 0 radical (unpaired) electrons. The minimum atomic E-state index is -4.94. The van der Waals surface area contributed by atoms with Gasteiger partial charge in [0.2, 0.25) is 5.91 Å². The van der Waals surface area contributed by atoms with Crippen LogP contribution in [0.3, 0.4) is 0 Å². The zero-order chi connectivity index (χ0) is 62.6. The van der Waals surface area contributed by atoms with E-state index in [0.29, 0.717) is 25.8 Å². The van der Waals surface area contributed by atoms with Crippen molar-refractivity contribution in [3.8, 4) is 0 Å². The summed E-state index contributed by atoms with van der Waals surface area (Å²) in [5, 5.41) is 117. The van der Waals surface area contributed by atoms with Crippen LogP contribution in [0, 0.1) is 17.8 Å². The van der Waals surface area contributed by atoms with Crippen LogP contribution < -0.4 is 11.1 Å². The van der Waals surface area contributed by atoms with E-state index in [1.54, 1.807) is 85.9 Å². The Kier molecular flexibility index (Phi) is 45.0. The topological polar surface area (TPSA) is 371 Å². The number of hydrogen-bond acceptors (Lipinski definition) is 17. The van der Waals surface area contributed by atoms with Crippen molar-refractivity contribution in [2.45, 2.75) is 223 Å². The van der Waals surface area contributed by atoms with E-state index < -0.39 is 102 Å². The number of unbranched alkanes of at least 4 members (excludes halogenated alkanes) is 3. The molecule has 15 atom stereocenters. The number of nitrogens with one attached hydrogen (secondary N) is 1. The molecule has 21 heteroatoms. The number of carbonyl (C=O) groups is 2. The van der Waals surface area contributed by atoms with Gasteiger partial charge in [-0.3, -0.25) is 24.5 Å². The first-order chi connectivity index (χ1) is 39.3. The van der Waals surface area contributed by atoms with Crippen molar-refractivity contribution in [3.63, 3.8) is 0 Å². The minimum Gasteiger partial charge on any atom is -0.393 e. The molecule has 0 bridgehead atoms. The molecule has 0 aliphatic heterocycles. The van der Waals surface area contributed by atoms with E-state index in [0.717, 1.165) is 32.1 Å². The number of allylic oxidation sites excluding steroid dienone is 11. The second-order valence-corrected chi connectivity index (χ2v) is 22.3. The van der Waals surface area contributed by atoms with Crippen LogP contribution in [-0.2, 0) is 24.2 Å². The van der Waals surface area contributed by atoms with Gasteiger partial charge in [0.05, 0.1) is 73.2 Å². The monoisotopic (exact) mass is 1190 g/mol. The highest BCUT2D eigenvalue weighted by molar-refractivity contribution is 7.80. The van der Waals surface area contributed by atoms with Gasteiger partial charge in [-0.2, -0.15) is 8.42 Å². The van der Waals surface area contributed by atoms with Gasteiger partial charge in [0, 0.05) is 56.4 Å². The summed E-state index contributed by atoms with van der Waals surface area (Å²) in [6.07, 6.45) is 26.0. The van der Waals surface area contributed by atoms with Crippen LogP contribution in [0.1, 0.15) is 150 Å². The van der Waals surface area contributed by atoms with Gasteiger partial charge in [0.15, 0.2) is 5.96 Å². The fourth-order valence-electron chi connectivity index (χ4n) is 8.31. The molecule has 474 valence electrons. The van der Waals surface area contributed by atoms with Crippen molar-refractivity contribution in [3.05, 3.63) is 122 Å². The lowest BCUT2D eigenvalue weighted by Crippen LogP contribution is -2.36. The van der Waals surface area contributed by atoms with Gasteiger partial charge in [0.25, 0.3) is 0 Å². The van der Waals surface area contributed by atoms with E-state index in [-0.39, 0.29) is 81.5 Å². The number of nitrogens with two attached hydrogens (primary N) is 1. The molecule has 0 rings (SSSR count). The van der Waals surface area contributed by atoms with Gasteiger partial charge in [-0.1, -0.05) is 175 Å². The van der Waals surface area contributed by atoms with Crippen molar-refractivity contribution in [2.75, 3.05) is 6.54 Å². The first kappa shape index (κ1) is 78.4. The number of hydrogen-bond donors (Lipinski definition) is 14. The van der Waals surface area contributed by atoms with Crippen LogP contribution in [0.15, 0.2) is 127 Å². The minimum absolute atomic E-state index is 0.00410. The maximum absolute atomic E-state index is 13.0. The Hall–Kier alpha value is -4.56. The lowest BCUT2D eigenvalue weighted by molar-refractivity contribution is -0.127. The average Bonchev–Trinajstić information content (AvgIpc) is 3.40. The van der Waals surface area contributed by atoms with Crippen LogP contribution >= 0.6 is 0 Å². The van der Waals surface area contributed by atoms with Crippen LogP contribution in [0.2, 0.25) is 0 Å². The molecule has 0 aliphatic carbocycles. The number of guanidine groups is 1. The van der Waals surface area contributed by atoms with E-state index in [2.05, 4.69) is 17.2 Å². The number of aliphatic imine (C=N–C) groups is 1. The molecular formula is C62H103N3O17S. The standard InChI is InChI=1S/C62H103N3O17S/c1-6-8-19-27-45(3)61(78)47(5)57(75)35-21-17-15-13-11-10-12-14-16-18-22-36-59(82-83(79,80)81)46(4)58(76)44-56(74)43-53(71)33-25-32-52(70)42-55(73)41-51(69)31-24-30-49(67)39-48(66)28-23-29-50(68)40-54(72)34-26-38-64-62(63)65-60(77)37-20-9-7-2/h10-19,21-25,27-28,31,33,35,45-57,59,61,66-75,78H,6-9,20,26,29-30,32,34,36-44H2,1-5H3,(H,79,80,81)(H3,63,64,65,77). The maximum Gasteiger partial charge on any atom is 0.397 e. The van der Waals surface area contributed by atoms with E-state index >= 15 is 0 Å². The smallest absolute Gasteiger partial charge is 0.393 e. The molecule has 0 heterocycles. The number of ketones is 1. The molecule has 0 aliphatic rings. The molecule has 0 fully saturated rings. The highest BCUT2D eigenvalue weighted by atomic mass is 32.3. The van der Waals surface area contributed by atoms with E-state index in [1.165, 1.54) is 37.3 Å². The number of carbonyl (C=O) groups excluding carboxylic acids is 2. The van der Waals surface area contributed by atoms with Gasteiger partial charge in [-0.05, 0) is 64.2 Å². The predicted octanol–water partition coefficient (Wildman–Crippen LogP) is 5.68. The summed E-state index contributed by atoms with van der Waals surface area (Å²) in [7, 11) is -4.94. The van der Waals surface area contributed by atoms with Gasteiger partial charge in [-0.25, -0.2) is 4.18 Å². The average molecular weight is 1190 g/mol. The van der Waals surface area contributed by atoms with Crippen molar-refractivity contribution in [2.24, 2.45) is 28.5 Å². The van der Waals surface area contributed by atoms with Gasteiger partial charge < -0.3 is 61.9 Å². The van der Waals surface area contributed by atoms with Gasteiger partial charge >= 0.3 is 10.4 Å². The summed E-state index contributed by atoms with van der Waals surface area (Å²) >= 11 is 0. The fourth-order valence-corrected chi connectivity index (χ4v) is 8.87. The molecular weight excluding hydrogens is 1090 g/mol. The SMILES string of the molecule is CCCC=CC(C)C(O)C(C)C(O)C=CC=CC=CC=CC=CC=CCC(OS(=O)(=O)O)C(C)C(=O)CC(O)CC(O)C=CCC(O)CC(O)CC(O)C=CCC(O)CC(O)C=CCC(O)CC(O)CCCN=C(N)NC(=O)CCCCC. The molecule has 20 nitrogen and oxygen atoms in total. The molecule has 0 aromatic rings. The molecule has 0 spiro atoms. The Morgan fingerprint density at radius 3 is 1.58 bits per heavy atom.